The number of allylic oxidation sites excluding steroid dienone is 1. The highest BCUT2D eigenvalue weighted by Gasteiger charge is 2.23. The summed E-state index contributed by atoms with van der Waals surface area (Å²) in [7, 11) is 0. The Morgan fingerprint density at radius 2 is 2.03 bits per heavy atom. The average Bonchev–Trinajstić information content (AvgIpc) is 2.63. The molecule has 3 heterocycles. The Balaban J connectivity index is 1.81. The van der Waals surface area contributed by atoms with Crippen molar-refractivity contribution in [3.05, 3.63) is 58.8 Å². The van der Waals surface area contributed by atoms with Gasteiger partial charge in [0.15, 0.2) is 0 Å². The van der Waals surface area contributed by atoms with Crippen LogP contribution in [0.5, 0.6) is 0 Å². The molecule has 0 fully saturated rings. The van der Waals surface area contributed by atoms with Crippen molar-refractivity contribution in [1.29, 1.82) is 0 Å². The van der Waals surface area contributed by atoms with Gasteiger partial charge in [-0.25, -0.2) is 9.97 Å². The van der Waals surface area contributed by atoms with Crippen LogP contribution >= 0.6 is 0 Å². The highest BCUT2D eigenvalue weighted by Crippen LogP contribution is 2.29. The Hall–Kier alpha value is -2.76. The highest BCUT2D eigenvalue weighted by atomic mass is 19.1. The van der Waals surface area contributed by atoms with E-state index in [0.717, 1.165) is 40.6 Å². The van der Waals surface area contributed by atoms with E-state index in [4.69, 9.17) is 4.98 Å². The van der Waals surface area contributed by atoms with Crippen LogP contribution in [-0.2, 0) is 24.2 Å². The van der Waals surface area contributed by atoms with Crippen molar-refractivity contribution < 1.29 is 9.18 Å². The van der Waals surface area contributed by atoms with Crippen LogP contribution in [0.1, 0.15) is 55.3 Å². The Morgan fingerprint density at radius 3 is 2.67 bits per heavy atom. The molecule has 0 saturated heterocycles. The predicted molar refractivity (Wildman–Crippen MR) is 119 cm³/mol. The van der Waals surface area contributed by atoms with Gasteiger partial charge in [0.1, 0.15) is 5.82 Å². The number of hydrogen-bond donors (Lipinski definition) is 1. The molecule has 3 rings (SSSR count). The van der Waals surface area contributed by atoms with Gasteiger partial charge < -0.3 is 10.2 Å². The molecule has 0 spiro atoms. The molecule has 160 valence electrons. The van der Waals surface area contributed by atoms with Crippen molar-refractivity contribution in [3.63, 3.8) is 0 Å². The number of anilines is 2. The predicted octanol–water partition coefficient (Wildman–Crippen LogP) is 4.90. The van der Waals surface area contributed by atoms with Gasteiger partial charge in [0.05, 0.1) is 17.1 Å². The first-order valence-electron chi connectivity index (χ1n) is 10.4. The van der Waals surface area contributed by atoms with E-state index in [1.54, 1.807) is 6.08 Å². The summed E-state index contributed by atoms with van der Waals surface area (Å²) in [5.74, 6) is 0.458. The quantitative estimate of drug-likeness (QED) is 0.563. The van der Waals surface area contributed by atoms with Gasteiger partial charge in [-0.15, -0.1) is 6.58 Å². The van der Waals surface area contributed by atoms with Crippen molar-refractivity contribution in [2.45, 2.75) is 60.4 Å². The molecule has 0 saturated carbocycles. The molecule has 0 atom stereocenters. The van der Waals surface area contributed by atoms with Gasteiger partial charge in [0.2, 0.25) is 11.9 Å². The number of rotatable bonds is 5. The molecular formula is C24H31FN4O. The summed E-state index contributed by atoms with van der Waals surface area (Å²) >= 11 is 0. The normalized spacial score (nSPS) is 13.7. The smallest absolute Gasteiger partial charge is 0.224 e. The second kappa shape index (κ2) is 8.54. The fourth-order valence-electron chi connectivity index (χ4n) is 3.82. The molecular weight excluding hydrogens is 379 g/mol. The summed E-state index contributed by atoms with van der Waals surface area (Å²) in [6.45, 7) is 15.1. The lowest BCUT2D eigenvalue weighted by molar-refractivity contribution is -0.117. The Bertz CT molecular complexity index is 955. The van der Waals surface area contributed by atoms with Gasteiger partial charge >= 0.3 is 0 Å². The number of hydrogen-bond acceptors (Lipinski definition) is 4. The number of aryl methyl sites for hydroxylation is 2. The Morgan fingerprint density at radius 1 is 1.30 bits per heavy atom. The van der Waals surface area contributed by atoms with Gasteiger partial charge in [0.25, 0.3) is 0 Å². The molecule has 30 heavy (non-hydrogen) atoms. The monoisotopic (exact) mass is 410 g/mol. The maximum Gasteiger partial charge on any atom is 0.224 e. The minimum Gasteiger partial charge on any atom is -0.352 e. The molecule has 1 aliphatic rings. The van der Waals surface area contributed by atoms with E-state index in [-0.39, 0.29) is 11.3 Å². The van der Waals surface area contributed by atoms with E-state index in [9.17, 15) is 9.18 Å². The van der Waals surface area contributed by atoms with Gasteiger partial charge in [-0.2, -0.15) is 4.39 Å². The number of nitrogens with zero attached hydrogens (tertiary/aromatic N) is 3. The summed E-state index contributed by atoms with van der Waals surface area (Å²) < 4.78 is 14.1. The third kappa shape index (κ3) is 5.04. The van der Waals surface area contributed by atoms with E-state index in [0.29, 0.717) is 31.4 Å². The van der Waals surface area contributed by atoms with Gasteiger partial charge in [-0.05, 0) is 48.9 Å². The van der Waals surface area contributed by atoms with Crippen molar-refractivity contribution >= 4 is 17.4 Å². The summed E-state index contributed by atoms with van der Waals surface area (Å²) in [6.07, 6.45) is 3.27. The SMILES string of the molecule is C=CCc1cc2c(nc1F)CCN(c1cc(C)c(NC(=O)CC(C)(C)C)c(C)n1)C2. The van der Waals surface area contributed by atoms with Gasteiger partial charge in [-0.1, -0.05) is 26.8 Å². The number of amides is 1. The number of nitrogens with one attached hydrogen (secondary N) is 1. The lowest BCUT2D eigenvalue weighted by atomic mass is 9.92. The number of carbonyl (C=O) groups excluding carboxylic acids is 1. The lowest BCUT2D eigenvalue weighted by Gasteiger charge is -2.30. The van der Waals surface area contributed by atoms with E-state index in [1.165, 1.54) is 0 Å². The van der Waals surface area contributed by atoms with Crippen molar-refractivity contribution in [2.24, 2.45) is 5.41 Å². The summed E-state index contributed by atoms with van der Waals surface area (Å²) in [4.78, 5) is 23.5. The summed E-state index contributed by atoms with van der Waals surface area (Å²) in [6, 6.07) is 3.90. The molecule has 2 aromatic rings. The Labute approximate surface area is 178 Å². The maximum absolute atomic E-state index is 14.1. The van der Waals surface area contributed by atoms with Gasteiger partial charge in [-0.3, -0.25) is 4.79 Å². The van der Waals surface area contributed by atoms with Crippen LogP contribution in [0.3, 0.4) is 0 Å². The van der Waals surface area contributed by atoms with Crippen molar-refractivity contribution in [3.8, 4) is 0 Å². The molecule has 0 unspecified atom stereocenters. The van der Waals surface area contributed by atoms with Crippen LogP contribution in [0.2, 0.25) is 0 Å². The number of carbonyl (C=O) groups is 1. The zero-order valence-electron chi connectivity index (χ0n) is 18.6. The molecule has 5 nitrogen and oxygen atoms in total. The Kier molecular flexibility index (Phi) is 6.25. The summed E-state index contributed by atoms with van der Waals surface area (Å²) in [5, 5.41) is 3.03. The van der Waals surface area contributed by atoms with Crippen LogP contribution < -0.4 is 10.2 Å². The third-order valence-electron chi connectivity index (χ3n) is 5.22. The van der Waals surface area contributed by atoms with Crippen molar-refractivity contribution in [2.75, 3.05) is 16.8 Å². The fraction of sp³-hybridized carbons (Fsp3) is 0.458. The van der Waals surface area contributed by atoms with Crippen LogP contribution in [0.25, 0.3) is 0 Å². The molecule has 6 heteroatoms. The first-order valence-corrected chi connectivity index (χ1v) is 10.4. The second-order valence-corrected chi connectivity index (χ2v) is 9.25. The minimum atomic E-state index is -0.401. The first kappa shape index (κ1) is 21.9. The van der Waals surface area contributed by atoms with Crippen LogP contribution in [0, 0.1) is 25.2 Å². The van der Waals surface area contributed by atoms with E-state index in [1.807, 2.05) is 46.8 Å². The molecule has 0 aromatic carbocycles. The highest BCUT2D eigenvalue weighted by molar-refractivity contribution is 5.92. The lowest BCUT2D eigenvalue weighted by Crippen LogP contribution is -2.32. The standard InChI is InChI=1S/C24H31FN4O/c1-7-8-17-12-18-14-29(10-9-19(18)27-23(17)25)20-11-15(2)22(16(3)26-20)28-21(30)13-24(4,5)6/h7,11-12H,1,8-10,13-14H2,2-6H3,(H,28,30). The molecule has 0 bridgehead atoms. The molecule has 1 aliphatic heterocycles. The van der Waals surface area contributed by atoms with Crippen molar-refractivity contribution in [1.82, 2.24) is 9.97 Å². The molecule has 0 radical (unpaired) electrons. The molecule has 1 amide bonds. The van der Waals surface area contributed by atoms with Gasteiger partial charge in [0, 0.05) is 31.5 Å². The van der Waals surface area contributed by atoms with E-state index >= 15 is 0 Å². The molecule has 1 N–H and O–H groups in total. The van der Waals surface area contributed by atoms with E-state index in [2.05, 4.69) is 21.8 Å². The zero-order valence-corrected chi connectivity index (χ0v) is 18.6. The first-order chi connectivity index (χ1) is 14.1. The minimum absolute atomic E-state index is 0.00185. The second-order valence-electron chi connectivity index (χ2n) is 9.25. The maximum atomic E-state index is 14.1. The number of fused-ring (bicyclic) bond motifs is 1. The van der Waals surface area contributed by atoms with Crippen LogP contribution in [0.15, 0.2) is 24.8 Å². The largest absolute Gasteiger partial charge is 0.352 e. The molecule has 2 aromatic heterocycles. The fourth-order valence-corrected chi connectivity index (χ4v) is 3.82. The molecule has 0 aliphatic carbocycles. The van der Waals surface area contributed by atoms with Crippen LogP contribution in [0.4, 0.5) is 15.9 Å². The topological polar surface area (TPSA) is 58.1 Å². The van der Waals surface area contributed by atoms with E-state index < -0.39 is 5.95 Å². The summed E-state index contributed by atoms with van der Waals surface area (Å²) in [5.41, 5.74) is 4.90. The number of aromatic nitrogens is 2. The number of halogens is 1. The average molecular weight is 411 g/mol. The zero-order chi connectivity index (χ0) is 22.1. The number of pyridine rings is 2. The van der Waals surface area contributed by atoms with Crippen LogP contribution in [-0.4, -0.2) is 22.4 Å². The third-order valence-corrected chi connectivity index (χ3v) is 5.22.